The Kier molecular flexibility index (Phi) is 5.49. The van der Waals surface area contributed by atoms with Gasteiger partial charge in [0.2, 0.25) is 10.0 Å². The minimum atomic E-state index is -3.46. The predicted octanol–water partition coefficient (Wildman–Crippen LogP) is 2.36. The van der Waals surface area contributed by atoms with Crippen LogP contribution in [-0.4, -0.2) is 30.9 Å². The van der Waals surface area contributed by atoms with Crippen LogP contribution >= 0.6 is 11.6 Å². The van der Waals surface area contributed by atoms with Crippen LogP contribution in [0.5, 0.6) is 0 Å². The van der Waals surface area contributed by atoms with Gasteiger partial charge < -0.3 is 0 Å². The van der Waals surface area contributed by atoms with Gasteiger partial charge in [0, 0.05) is 19.0 Å². The SMILES string of the molecule is CCN(Cc1ccc(F)c(F)c1)S(=O)(=O)CCCl. The van der Waals surface area contributed by atoms with Crippen molar-refractivity contribution in [2.75, 3.05) is 18.2 Å². The third-order valence-electron chi connectivity index (χ3n) is 2.42. The first kappa shape index (κ1) is 15.3. The zero-order valence-electron chi connectivity index (χ0n) is 9.87. The predicted molar refractivity (Wildman–Crippen MR) is 66.9 cm³/mol. The maximum absolute atomic E-state index is 13.0. The number of hydrogen-bond donors (Lipinski definition) is 0. The molecule has 0 atom stereocenters. The van der Waals surface area contributed by atoms with Gasteiger partial charge >= 0.3 is 0 Å². The maximum Gasteiger partial charge on any atom is 0.215 e. The molecule has 1 aromatic carbocycles. The summed E-state index contributed by atoms with van der Waals surface area (Å²) in [4.78, 5) is 0. The number of benzene rings is 1. The zero-order chi connectivity index (χ0) is 13.8. The average Bonchev–Trinajstić information content (AvgIpc) is 2.30. The molecule has 7 heteroatoms. The molecule has 0 radical (unpaired) electrons. The fourth-order valence-corrected chi connectivity index (χ4v) is 3.25. The molecule has 0 aromatic heterocycles. The number of hydrogen-bond acceptors (Lipinski definition) is 2. The van der Waals surface area contributed by atoms with Crippen LogP contribution in [0.2, 0.25) is 0 Å². The Morgan fingerprint density at radius 3 is 2.44 bits per heavy atom. The molecule has 1 rings (SSSR count). The maximum atomic E-state index is 13.0. The lowest BCUT2D eigenvalue weighted by Gasteiger charge is -2.20. The second-order valence-corrected chi connectivity index (χ2v) is 6.15. The van der Waals surface area contributed by atoms with E-state index in [0.717, 1.165) is 12.1 Å². The van der Waals surface area contributed by atoms with Crippen LogP contribution in [0.25, 0.3) is 0 Å². The summed E-state index contributed by atoms with van der Waals surface area (Å²) in [5.74, 6) is -2.12. The van der Waals surface area contributed by atoms with E-state index < -0.39 is 21.7 Å². The highest BCUT2D eigenvalue weighted by Gasteiger charge is 2.20. The summed E-state index contributed by atoms with van der Waals surface area (Å²) in [5.41, 5.74) is 0.397. The topological polar surface area (TPSA) is 37.4 Å². The van der Waals surface area contributed by atoms with E-state index in [4.69, 9.17) is 11.6 Å². The van der Waals surface area contributed by atoms with Crippen LogP contribution < -0.4 is 0 Å². The molecule has 1 aromatic rings. The van der Waals surface area contributed by atoms with Gasteiger partial charge in [-0.2, -0.15) is 4.31 Å². The number of nitrogens with zero attached hydrogens (tertiary/aromatic N) is 1. The quantitative estimate of drug-likeness (QED) is 0.756. The largest absolute Gasteiger partial charge is 0.215 e. The summed E-state index contributed by atoms with van der Waals surface area (Å²) in [6.45, 7) is 1.93. The molecule has 0 spiro atoms. The molecule has 3 nitrogen and oxygen atoms in total. The van der Waals surface area contributed by atoms with Crippen molar-refractivity contribution in [3.8, 4) is 0 Å². The third kappa shape index (κ3) is 3.90. The van der Waals surface area contributed by atoms with Crippen LogP contribution in [0, 0.1) is 11.6 Å². The van der Waals surface area contributed by atoms with Gasteiger partial charge in [-0.15, -0.1) is 11.6 Å². The Balaban J connectivity index is 2.89. The van der Waals surface area contributed by atoms with Crippen molar-refractivity contribution in [3.63, 3.8) is 0 Å². The van der Waals surface area contributed by atoms with E-state index in [1.807, 2.05) is 0 Å². The summed E-state index contributed by atoms with van der Waals surface area (Å²) in [7, 11) is -3.46. The van der Waals surface area contributed by atoms with Gasteiger partial charge in [-0.25, -0.2) is 17.2 Å². The van der Waals surface area contributed by atoms with Crippen molar-refractivity contribution in [1.82, 2.24) is 4.31 Å². The van der Waals surface area contributed by atoms with Crippen molar-refractivity contribution < 1.29 is 17.2 Å². The van der Waals surface area contributed by atoms with Gasteiger partial charge in [0.25, 0.3) is 0 Å². The zero-order valence-corrected chi connectivity index (χ0v) is 11.4. The summed E-state index contributed by atoms with van der Waals surface area (Å²) in [6.07, 6.45) is 0. The van der Waals surface area contributed by atoms with Gasteiger partial charge in [-0.05, 0) is 17.7 Å². The molecule has 0 N–H and O–H groups in total. The summed E-state index contributed by atoms with van der Waals surface area (Å²) < 4.78 is 50.5. The van der Waals surface area contributed by atoms with Gasteiger partial charge in [0.15, 0.2) is 11.6 Å². The molecule has 0 saturated carbocycles. The monoisotopic (exact) mass is 297 g/mol. The van der Waals surface area contributed by atoms with Gasteiger partial charge in [-0.3, -0.25) is 0 Å². The molecule has 0 saturated heterocycles. The first-order valence-corrected chi connectivity index (χ1v) is 7.52. The molecular formula is C11H14ClF2NO2S. The normalized spacial score (nSPS) is 12.1. The molecule has 0 aliphatic carbocycles. The number of alkyl halides is 1. The fraction of sp³-hybridized carbons (Fsp3) is 0.455. The standard InChI is InChI=1S/C11H14ClF2NO2S/c1-2-15(18(16,17)6-5-12)8-9-3-4-10(13)11(14)7-9/h3-4,7H,2,5-6,8H2,1H3. The van der Waals surface area contributed by atoms with Gasteiger partial charge in [-0.1, -0.05) is 13.0 Å². The fourth-order valence-electron chi connectivity index (χ4n) is 1.48. The molecular weight excluding hydrogens is 284 g/mol. The van der Waals surface area contributed by atoms with Crippen molar-refractivity contribution in [3.05, 3.63) is 35.4 Å². The minimum Gasteiger partial charge on any atom is -0.212 e. The van der Waals surface area contributed by atoms with E-state index in [0.29, 0.717) is 5.56 Å². The molecule has 0 fully saturated rings. The van der Waals surface area contributed by atoms with Gasteiger partial charge in [0.1, 0.15) is 0 Å². The lowest BCUT2D eigenvalue weighted by atomic mass is 10.2. The first-order chi connectivity index (χ1) is 8.40. The Hall–Kier alpha value is -0.720. The van der Waals surface area contributed by atoms with E-state index in [1.165, 1.54) is 10.4 Å². The minimum absolute atomic E-state index is 0.00336. The highest BCUT2D eigenvalue weighted by Crippen LogP contribution is 2.13. The lowest BCUT2D eigenvalue weighted by molar-refractivity contribution is 0.422. The summed E-state index contributed by atoms with van der Waals surface area (Å²) in [6, 6.07) is 3.33. The van der Waals surface area contributed by atoms with Crippen LogP contribution in [0.15, 0.2) is 18.2 Å². The Bertz CT molecular complexity index is 508. The summed E-state index contributed by atoms with van der Waals surface area (Å²) in [5, 5.41) is 0. The van der Waals surface area contributed by atoms with Crippen LogP contribution in [0.4, 0.5) is 8.78 Å². The third-order valence-corrected chi connectivity index (χ3v) is 4.73. The number of rotatable bonds is 6. The van der Waals surface area contributed by atoms with E-state index in [-0.39, 0.29) is 24.7 Å². The lowest BCUT2D eigenvalue weighted by Crippen LogP contribution is -2.33. The smallest absolute Gasteiger partial charge is 0.212 e. The van der Waals surface area contributed by atoms with Crippen molar-refractivity contribution in [2.45, 2.75) is 13.5 Å². The Morgan fingerprint density at radius 1 is 1.28 bits per heavy atom. The number of halogens is 3. The molecule has 0 aliphatic heterocycles. The van der Waals surface area contributed by atoms with Crippen molar-refractivity contribution in [2.24, 2.45) is 0 Å². The van der Waals surface area contributed by atoms with E-state index >= 15 is 0 Å². The highest BCUT2D eigenvalue weighted by atomic mass is 35.5. The Labute approximate surface area is 110 Å². The molecule has 0 heterocycles. The Morgan fingerprint density at radius 2 is 1.94 bits per heavy atom. The first-order valence-electron chi connectivity index (χ1n) is 5.38. The number of sulfonamides is 1. The van der Waals surface area contributed by atoms with Gasteiger partial charge in [0.05, 0.1) is 5.75 Å². The highest BCUT2D eigenvalue weighted by molar-refractivity contribution is 7.89. The van der Waals surface area contributed by atoms with E-state index in [2.05, 4.69) is 0 Å². The van der Waals surface area contributed by atoms with Crippen LogP contribution in [-0.2, 0) is 16.6 Å². The second kappa shape index (κ2) is 6.45. The molecule has 18 heavy (non-hydrogen) atoms. The van der Waals surface area contributed by atoms with Crippen LogP contribution in [0.1, 0.15) is 12.5 Å². The molecule has 102 valence electrons. The van der Waals surface area contributed by atoms with E-state index in [1.54, 1.807) is 6.92 Å². The van der Waals surface area contributed by atoms with Crippen molar-refractivity contribution >= 4 is 21.6 Å². The van der Waals surface area contributed by atoms with Crippen molar-refractivity contribution in [1.29, 1.82) is 0 Å². The molecule has 0 unspecified atom stereocenters. The molecule has 0 bridgehead atoms. The summed E-state index contributed by atoms with van der Waals surface area (Å²) >= 11 is 5.42. The van der Waals surface area contributed by atoms with Crippen LogP contribution in [0.3, 0.4) is 0 Å². The van der Waals surface area contributed by atoms with E-state index in [9.17, 15) is 17.2 Å². The molecule has 0 aliphatic rings. The second-order valence-electron chi connectivity index (χ2n) is 3.68. The molecule has 0 amide bonds. The average molecular weight is 298 g/mol.